The molecule has 0 spiro atoms. The number of nitrogens with one attached hydrogen (secondary N) is 1. The lowest BCUT2D eigenvalue weighted by Gasteiger charge is -2.33. The van der Waals surface area contributed by atoms with Gasteiger partial charge in [-0.2, -0.15) is 0 Å². The van der Waals surface area contributed by atoms with Gasteiger partial charge in [-0.05, 0) is 93.6 Å². The molecule has 1 saturated heterocycles. The third kappa shape index (κ3) is 7.40. The minimum atomic E-state index is -0.529. The van der Waals surface area contributed by atoms with E-state index in [1.165, 1.54) is 18.5 Å². The molecule has 1 aliphatic rings. The van der Waals surface area contributed by atoms with Crippen LogP contribution >= 0.6 is 23.2 Å². The van der Waals surface area contributed by atoms with Crippen molar-refractivity contribution < 1.29 is 13.9 Å². The van der Waals surface area contributed by atoms with Gasteiger partial charge >= 0.3 is 6.09 Å². The Morgan fingerprint density at radius 3 is 2.52 bits per heavy atom. The summed E-state index contributed by atoms with van der Waals surface area (Å²) in [5, 5.41) is 13.9. The minimum absolute atomic E-state index is 0.0245. The molecule has 1 aliphatic heterocycles. The van der Waals surface area contributed by atoms with Gasteiger partial charge in [0.2, 0.25) is 0 Å². The number of carbonyl (C=O) groups excluding carboxylic acids is 1. The molecule has 0 aliphatic carbocycles. The maximum Gasteiger partial charge on any atom is 0.410 e. The van der Waals surface area contributed by atoms with Gasteiger partial charge in [0.05, 0.1) is 22.3 Å². The van der Waals surface area contributed by atoms with Crippen molar-refractivity contribution in [1.82, 2.24) is 29.9 Å². The molecule has 46 heavy (non-hydrogen) atoms. The minimum Gasteiger partial charge on any atom is -0.444 e. The van der Waals surface area contributed by atoms with Crippen LogP contribution in [0.1, 0.15) is 62.4 Å². The van der Waals surface area contributed by atoms with Gasteiger partial charge in [0.15, 0.2) is 0 Å². The molecule has 3 aromatic carbocycles. The van der Waals surface area contributed by atoms with Crippen molar-refractivity contribution in [2.24, 2.45) is 0 Å². The van der Waals surface area contributed by atoms with Crippen LogP contribution in [-0.4, -0.2) is 54.6 Å². The molecule has 5 aromatic rings. The number of likely N-dealkylation sites (tertiary alicyclic amines) is 1. The Morgan fingerprint density at radius 1 is 1.04 bits per heavy atom. The third-order valence-electron chi connectivity index (χ3n) is 7.97. The molecule has 0 bridgehead atoms. The van der Waals surface area contributed by atoms with Crippen molar-refractivity contribution in [2.75, 3.05) is 18.4 Å². The quantitative estimate of drug-likeness (QED) is 0.187. The molecule has 3 heterocycles. The molecule has 2 aromatic heterocycles. The van der Waals surface area contributed by atoms with E-state index in [0.717, 1.165) is 40.6 Å². The van der Waals surface area contributed by atoms with Gasteiger partial charge in [-0.25, -0.2) is 23.8 Å². The van der Waals surface area contributed by atoms with Gasteiger partial charge in [-0.1, -0.05) is 46.6 Å². The number of hydrogen-bond donors (Lipinski definition) is 1. The number of benzene rings is 3. The molecule has 1 amide bonds. The summed E-state index contributed by atoms with van der Waals surface area (Å²) in [7, 11) is 0. The maximum atomic E-state index is 13.7. The van der Waals surface area contributed by atoms with Crippen LogP contribution in [0.25, 0.3) is 10.9 Å². The van der Waals surface area contributed by atoms with Crippen LogP contribution in [0, 0.1) is 5.82 Å². The van der Waals surface area contributed by atoms with Crippen molar-refractivity contribution >= 4 is 51.7 Å². The molecule has 1 fully saturated rings. The molecule has 9 nitrogen and oxygen atoms in total. The number of piperidine rings is 1. The van der Waals surface area contributed by atoms with Gasteiger partial charge in [-0.15, -0.1) is 5.10 Å². The summed E-state index contributed by atoms with van der Waals surface area (Å²) in [6.07, 6.45) is 5.36. The lowest BCUT2D eigenvalue weighted by Crippen LogP contribution is -2.42. The number of hydrogen-bond acceptors (Lipinski definition) is 7. The number of anilines is 2. The Hall–Kier alpha value is -4.28. The van der Waals surface area contributed by atoms with E-state index in [1.54, 1.807) is 11.0 Å². The second-order valence-electron chi connectivity index (χ2n) is 12.5. The highest BCUT2D eigenvalue weighted by Crippen LogP contribution is 2.33. The maximum absolute atomic E-state index is 13.7. The summed E-state index contributed by atoms with van der Waals surface area (Å²) >= 11 is 12.3. The average molecular weight is 663 g/mol. The Morgan fingerprint density at radius 2 is 1.80 bits per heavy atom. The van der Waals surface area contributed by atoms with E-state index < -0.39 is 11.4 Å². The fraction of sp³-hybridized carbons (Fsp3) is 0.324. The van der Waals surface area contributed by atoms with Crippen molar-refractivity contribution in [3.8, 4) is 0 Å². The number of amides is 1. The Labute approximate surface area is 276 Å². The Bertz CT molecular complexity index is 1850. The summed E-state index contributed by atoms with van der Waals surface area (Å²) in [6, 6.07) is 18.4. The van der Waals surface area contributed by atoms with E-state index in [9.17, 15) is 9.18 Å². The van der Waals surface area contributed by atoms with E-state index in [0.29, 0.717) is 36.0 Å². The largest absolute Gasteiger partial charge is 0.444 e. The first-order valence-corrected chi connectivity index (χ1v) is 15.9. The first-order chi connectivity index (χ1) is 22.0. The predicted molar refractivity (Wildman–Crippen MR) is 177 cm³/mol. The zero-order chi connectivity index (χ0) is 32.4. The lowest BCUT2D eigenvalue weighted by atomic mass is 9.89. The highest BCUT2D eigenvalue weighted by molar-refractivity contribution is 6.31. The number of aromatic nitrogens is 5. The molecule has 12 heteroatoms. The van der Waals surface area contributed by atoms with Crippen LogP contribution in [0.15, 0.2) is 73.2 Å². The molecule has 0 unspecified atom stereocenters. The molecular weight excluding hydrogens is 628 g/mol. The van der Waals surface area contributed by atoms with Crippen molar-refractivity contribution in [3.63, 3.8) is 0 Å². The second-order valence-corrected chi connectivity index (χ2v) is 13.3. The van der Waals surface area contributed by atoms with E-state index >= 15 is 0 Å². The van der Waals surface area contributed by atoms with Crippen LogP contribution in [0.2, 0.25) is 10.0 Å². The average Bonchev–Trinajstić information content (AvgIpc) is 3.52. The van der Waals surface area contributed by atoms with Gasteiger partial charge in [-0.3, -0.25) is 0 Å². The molecular formula is C34H34Cl2FN7O2. The van der Waals surface area contributed by atoms with Crippen LogP contribution < -0.4 is 5.32 Å². The van der Waals surface area contributed by atoms with E-state index in [-0.39, 0.29) is 23.1 Å². The molecule has 0 radical (unpaired) electrons. The van der Waals surface area contributed by atoms with E-state index in [1.807, 2.05) is 68.0 Å². The molecule has 1 atom stereocenters. The highest BCUT2D eigenvalue weighted by atomic mass is 35.5. The fourth-order valence-electron chi connectivity index (χ4n) is 5.63. The first-order valence-electron chi connectivity index (χ1n) is 15.1. The summed E-state index contributed by atoms with van der Waals surface area (Å²) in [4.78, 5) is 23.2. The first kappa shape index (κ1) is 31.7. The summed E-state index contributed by atoms with van der Waals surface area (Å²) in [6.45, 7) is 6.80. The van der Waals surface area contributed by atoms with Crippen molar-refractivity contribution in [3.05, 3.63) is 106 Å². The standard InChI is InChI=1S/C34H34Cl2FN7O2/c1-34(2,3)46-33(45)43-14-12-25(13-15-43)44-19-31(41-42-44)26(22-5-7-23(35)8-6-22)16-21-4-11-30-27(17-21)32(39-20-38-30)40-24-9-10-29(37)28(36)18-24/h4-11,17-20,25-26H,12-16H2,1-3H3,(H,38,39,40)/t26-/m0/s1. The third-order valence-corrected chi connectivity index (χ3v) is 8.51. The topological polar surface area (TPSA) is 98.1 Å². The number of fused-ring (bicyclic) bond motifs is 1. The van der Waals surface area contributed by atoms with Gasteiger partial charge in [0, 0.05) is 41.3 Å². The molecule has 0 saturated carbocycles. The number of rotatable bonds is 7. The number of halogens is 3. The normalized spacial score (nSPS) is 14.8. The predicted octanol–water partition coefficient (Wildman–Crippen LogP) is 8.36. The van der Waals surface area contributed by atoms with Gasteiger partial charge in [0.25, 0.3) is 0 Å². The number of carbonyl (C=O) groups is 1. The van der Waals surface area contributed by atoms with E-state index in [4.69, 9.17) is 27.9 Å². The van der Waals surface area contributed by atoms with Gasteiger partial charge < -0.3 is 15.0 Å². The summed E-state index contributed by atoms with van der Waals surface area (Å²) < 4.78 is 21.2. The molecule has 6 rings (SSSR count). The summed E-state index contributed by atoms with van der Waals surface area (Å²) in [5.41, 5.74) is 3.78. The van der Waals surface area contributed by atoms with Gasteiger partial charge in [0.1, 0.15) is 23.6 Å². The smallest absolute Gasteiger partial charge is 0.410 e. The molecule has 238 valence electrons. The lowest BCUT2D eigenvalue weighted by molar-refractivity contribution is 0.0184. The zero-order valence-electron chi connectivity index (χ0n) is 25.8. The van der Waals surface area contributed by atoms with Crippen LogP contribution in [0.3, 0.4) is 0 Å². The summed E-state index contributed by atoms with van der Waals surface area (Å²) in [5.74, 6) is -0.0121. The van der Waals surface area contributed by atoms with E-state index in [2.05, 4.69) is 31.7 Å². The Kier molecular flexibility index (Phi) is 9.11. The second kappa shape index (κ2) is 13.2. The Balaban J connectivity index is 1.24. The highest BCUT2D eigenvalue weighted by Gasteiger charge is 2.29. The van der Waals surface area contributed by atoms with Crippen molar-refractivity contribution in [2.45, 2.75) is 57.6 Å². The molecule has 1 N–H and O–H groups in total. The van der Waals surface area contributed by atoms with Crippen LogP contribution in [-0.2, 0) is 11.2 Å². The van der Waals surface area contributed by atoms with Crippen LogP contribution in [0.4, 0.5) is 20.7 Å². The SMILES string of the molecule is CC(C)(C)OC(=O)N1CCC(n2cc([C@@H](Cc3ccc4ncnc(Nc5ccc(F)c(Cl)c5)c4c3)c3ccc(Cl)cc3)nn2)CC1. The number of nitrogens with zero attached hydrogens (tertiary/aromatic N) is 6. The number of ether oxygens (including phenoxy) is 1. The zero-order valence-corrected chi connectivity index (χ0v) is 27.3. The van der Waals surface area contributed by atoms with Crippen molar-refractivity contribution in [1.29, 1.82) is 0 Å². The van der Waals surface area contributed by atoms with Crippen LogP contribution in [0.5, 0.6) is 0 Å². The monoisotopic (exact) mass is 661 g/mol. The fourth-order valence-corrected chi connectivity index (χ4v) is 5.94.